The van der Waals surface area contributed by atoms with E-state index < -0.39 is 10.0 Å². The molecule has 0 atom stereocenters. The van der Waals surface area contributed by atoms with Crippen molar-refractivity contribution in [3.63, 3.8) is 0 Å². The summed E-state index contributed by atoms with van der Waals surface area (Å²) in [5, 5.41) is 3.41. The van der Waals surface area contributed by atoms with Crippen LogP contribution in [0.25, 0.3) is 0 Å². The Balaban J connectivity index is 1.98. The fourth-order valence-corrected chi connectivity index (χ4v) is 3.92. The van der Waals surface area contributed by atoms with Gasteiger partial charge in [0.2, 0.25) is 15.9 Å². The zero-order valence-corrected chi connectivity index (χ0v) is 16.6. The van der Waals surface area contributed by atoms with Crippen LogP contribution in [0.3, 0.4) is 0 Å². The summed E-state index contributed by atoms with van der Waals surface area (Å²) in [4.78, 5) is 12.3. The van der Waals surface area contributed by atoms with Crippen molar-refractivity contribution in [3.05, 3.63) is 59.1 Å². The predicted octanol–water partition coefficient (Wildman–Crippen LogP) is 3.94. The van der Waals surface area contributed by atoms with Gasteiger partial charge in [0.1, 0.15) is 0 Å². The Labute approximate surface area is 160 Å². The molecule has 2 aromatic carbocycles. The smallest absolute Gasteiger partial charge is 0.243 e. The van der Waals surface area contributed by atoms with E-state index >= 15 is 0 Å². The summed E-state index contributed by atoms with van der Waals surface area (Å²) in [6, 6.07) is 13.5. The van der Waals surface area contributed by atoms with Gasteiger partial charge >= 0.3 is 0 Å². The first-order valence-corrected chi connectivity index (χ1v) is 10.1. The normalized spacial score (nSPS) is 11.8. The van der Waals surface area contributed by atoms with Gasteiger partial charge in [-0.2, -0.15) is 4.31 Å². The minimum atomic E-state index is -3.53. The molecule has 0 aromatic heterocycles. The van der Waals surface area contributed by atoms with Crippen molar-refractivity contribution in [2.24, 2.45) is 0 Å². The summed E-state index contributed by atoms with van der Waals surface area (Å²) in [6.07, 6.45) is 0.830. The summed E-state index contributed by atoms with van der Waals surface area (Å²) in [7, 11) is -1.98. The van der Waals surface area contributed by atoms with Crippen molar-refractivity contribution in [3.8, 4) is 0 Å². The molecule has 0 spiro atoms. The van der Waals surface area contributed by atoms with Gasteiger partial charge in [-0.1, -0.05) is 29.8 Å². The molecular weight excluding hydrogens is 372 g/mol. The van der Waals surface area contributed by atoms with Crippen LogP contribution in [0.1, 0.15) is 25.8 Å². The molecule has 0 aliphatic rings. The van der Waals surface area contributed by atoms with Gasteiger partial charge in [0.25, 0.3) is 0 Å². The number of hydrogen-bond donors (Lipinski definition) is 1. The van der Waals surface area contributed by atoms with E-state index in [9.17, 15) is 13.2 Å². The number of amides is 1. The fraction of sp³-hybridized carbons (Fsp3) is 0.316. The summed E-state index contributed by atoms with van der Waals surface area (Å²) in [5.41, 5.74) is 1.47. The number of sulfonamides is 1. The number of hydrogen-bond acceptors (Lipinski definition) is 3. The molecule has 140 valence electrons. The average molecular weight is 395 g/mol. The lowest BCUT2D eigenvalue weighted by Crippen LogP contribution is -2.33. The zero-order valence-electron chi connectivity index (χ0n) is 15.1. The van der Waals surface area contributed by atoms with Crippen molar-refractivity contribution in [1.29, 1.82) is 0 Å². The molecule has 0 saturated heterocycles. The maximum Gasteiger partial charge on any atom is 0.243 e. The standard InChI is InChI=1S/C19H23ClN2O3S/c1-14(2)22(3)26(24,25)17-11-9-16(10-12-17)21-19(23)13-8-15-6-4-5-7-18(15)20/h4-7,9-12,14H,8,13H2,1-3H3,(H,21,23). The highest BCUT2D eigenvalue weighted by atomic mass is 35.5. The lowest BCUT2D eigenvalue weighted by Gasteiger charge is -2.21. The van der Waals surface area contributed by atoms with E-state index in [0.717, 1.165) is 5.56 Å². The summed E-state index contributed by atoms with van der Waals surface area (Å²) >= 11 is 6.08. The van der Waals surface area contributed by atoms with Crippen LogP contribution in [0.2, 0.25) is 5.02 Å². The third-order valence-corrected chi connectivity index (χ3v) is 6.54. The number of halogens is 1. The molecule has 26 heavy (non-hydrogen) atoms. The number of benzene rings is 2. The van der Waals surface area contributed by atoms with Gasteiger partial charge in [-0.25, -0.2) is 8.42 Å². The highest BCUT2D eigenvalue weighted by molar-refractivity contribution is 7.89. The summed E-state index contributed by atoms with van der Waals surface area (Å²) in [6.45, 7) is 3.62. The number of rotatable bonds is 7. The van der Waals surface area contributed by atoms with E-state index in [4.69, 9.17) is 11.6 Å². The number of nitrogens with one attached hydrogen (secondary N) is 1. The first-order valence-electron chi connectivity index (χ1n) is 8.33. The van der Waals surface area contributed by atoms with Crippen molar-refractivity contribution < 1.29 is 13.2 Å². The molecule has 2 aromatic rings. The van der Waals surface area contributed by atoms with E-state index in [0.29, 0.717) is 23.6 Å². The van der Waals surface area contributed by atoms with Crippen molar-refractivity contribution in [2.75, 3.05) is 12.4 Å². The zero-order chi connectivity index (χ0) is 19.3. The van der Waals surface area contributed by atoms with E-state index in [1.54, 1.807) is 25.2 Å². The second kappa shape index (κ2) is 8.66. The Bertz CT molecular complexity index is 865. The van der Waals surface area contributed by atoms with E-state index in [1.165, 1.54) is 16.4 Å². The third kappa shape index (κ3) is 5.06. The van der Waals surface area contributed by atoms with Crippen molar-refractivity contribution in [1.82, 2.24) is 4.31 Å². The Hall–Kier alpha value is -1.89. The van der Waals surface area contributed by atoms with E-state index in [1.807, 2.05) is 32.0 Å². The molecule has 5 nitrogen and oxygen atoms in total. The Morgan fingerprint density at radius 3 is 2.31 bits per heavy atom. The van der Waals surface area contributed by atoms with Crippen molar-refractivity contribution >= 4 is 33.2 Å². The lowest BCUT2D eigenvalue weighted by atomic mass is 10.1. The first kappa shape index (κ1) is 20.4. The van der Waals surface area contributed by atoms with E-state index in [2.05, 4.69) is 5.32 Å². The SMILES string of the molecule is CC(C)N(C)S(=O)(=O)c1ccc(NC(=O)CCc2ccccc2Cl)cc1. The van der Waals surface area contributed by atoms with Gasteiger partial charge in [0, 0.05) is 30.2 Å². The molecule has 1 amide bonds. The molecule has 2 rings (SSSR count). The van der Waals surface area contributed by atoms with Crippen LogP contribution >= 0.6 is 11.6 Å². The average Bonchev–Trinajstić information content (AvgIpc) is 2.60. The number of anilines is 1. The summed E-state index contributed by atoms with van der Waals surface area (Å²) in [5.74, 6) is -0.153. The Morgan fingerprint density at radius 1 is 1.12 bits per heavy atom. The monoisotopic (exact) mass is 394 g/mol. The fourth-order valence-electron chi connectivity index (χ4n) is 2.33. The molecule has 0 heterocycles. The molecule has 1 N–H and O–H groups in total. The number of nitrogens with zero attached hydrogens (tertiary/aromatic N) is 1. The van der Waals surface area contributed by atoms with Crippen LogP contribution in [-0.2, 0) is 21.2 Å². The molecule has 7 heteroatoms. The summed E-state index contributed by atoms with van der Waals surface area (Å²) < 4.78 is 26.2. The molecule has 0 bridgehead atoms. The van der Waals surface area contributed by atoms with Gasteiger partial charge < -0.3 is 5.32 Å². The van der Waals surface area contributed by atoms with Crippen LogP contribution in [0.4, 0.5) is 5.69 Å². The predicted molar refractivity (Wildman–Crippen MR) is 105 cm³/mol. The van der Waals surface area contributed by atoms with Gasteiger partial charge in [0.05, 0.1) is 4.90 Å². The molecule has 0 fully saturated rings. The van der Waals surface area contributed by atoms with Crippen LogP contribution in [0.15, 0.2) is 53.4 Å². The maximum atomic E-state index is 12.4. The van der Waals surface area contributed by atoms with Gasteiger partial charge in [-0.3, -0.25) is 4.79 Å². The van der Waals surface area contributed by atoms with Gasteiger partial charge in [-0.15, -0.1) is 0 Å². The lowest BCUT2D eigenvalue weighted by molar-refractivity contribution is -0.116. The highest BCUT2D eigenvalue weighted by Crippen LogP contribution is 2.20. The first-order chi connectivity index (χ1) is 12.2. The molecule has 0 saturated carbocycles. The molecule has 0 aliphatic heterocycles. The van der Waals surface area contributed by atoms with Crippen LogP contribution in [-0.4, -0.2) is 31.7 Å². The minimum Gasteiger partial charge on any atom is -0.326 e. The van der Waals surface area contributed by atoms with Crippen LogP contribution in [0, 0.1) is 0 Å². The van der Waals surface area contributed by atoms with Crippen LogP contribution < -0.4 is 5.32 Å². The third-order valence-electron chi connectivity index (χ3n) is 4.12. The van der Waals surface area contributed by atoms with Gasteiger partial charge in [-0.05, 0) is 56.2 Å². The highest BCUT2D eigenvalue weighted by Gasteiger charge is 2.22. The Morgan fingerprint density at radius 2 is 1.73 bits per heavy atom. The van der Waals surface area contributed by atoms with Crippen LogP contribution in [0.5, 0.6) is 0 Å². The molecule has 0 aliphatic carbocycles. The second-order valence-corrected chi connectivity index (χ2v) is 8.68. The topological polar surface area (TPSA) is 66.5 Å². The number of aryl methyl sites for hydroxylation is 1. The molecular formula is C19H23ClN2O3S. The van der Waals surface area contributed by atoms with E-state index in [-0.39, 0.29) is 16.8 Å². The maximum absolute atomic E-state index is 12.4. The molecule has 0 radical (unpaired) electrons. The second-order valence-electron chi connectivity index (χ2n) is 6.28. The number of carbonyl (C=O) groups excluding carboxylic acids is 1. The van der Waals surface area contributed by atoms with Crippen molar-refractivity contribution in [2.45, 2.75) is 37.6 Å². The quantitative estimate of drug-likeness (QED) is 0.773. The number of carbonyl (C=O) groups is 1. The van der Waals surface area contributed by atoms with Gasteiger partial charge in [0.15, 0.2) is 0 Å². The largest absolute Gasteiger partial charge is 0.326 e. The Kier molecular flexibility index (Phi) is 6.81. The molecule has 0 unspecified atom stereocenters. The minimum absolute atomic E-state index is 0.135.